The minimum Gasteiger partial charge on any atom is -0.325 e. The first kappa shape index (κ1) is 20.6. The van der Waals surface area contributed by atoms with Crippen LogP contribution in [-0.2, 0) is 14.8 Å². The Morgan fingerprint density at radius 2 is 1.45 bits per heavy atom. The second kappa shape index (κ2) is 8.92. The van der Waals surface area contributed by atoms with Gasteiger partial charge in [0.2, 0.25) is 15.9 Å². The average molecular weight is 409 g/mol. The molecular formula is C23H24N2O3S. The van der Waals surface area contributed by atoms with Gasteiger partial charge in [-0.3, -0.25) is 9.52 Å². The van der Waals surface area contributed by atoms with Gasteiger partial charge >= 0.3 is 0 Å². The minimum absolute atomic E-state index is 0.000753. The zero-order chi connectivity index (χ0) is 20.9. The lowest BCUT2D eigenvalue weighted by Crippen LogP contribution is -2.22. The molecule has 2 N–H and O–H groups in total. The van der Waals surface area contributed by atoms with E-state index in [-0.39, 0.29) is 11.7 Å². The first-order valence-electron chi connectivity index (χ1n) is 9.41. The van der Waals surface area contributed by atoms with Crippen molar-refractivity contribution in [3.8, 4) is 0 Å². The number of carbonyl (C=O) groups is 1. The number of sulfonamides is 1. The van der Waals surface area contributed by atoms with Crippen molar-refractivity contribution in [3.05, 3.63) is 95.6 Å². The maximum atomic E-state index is 13.2. The molecule has 0 heterocycles. The third-order valence-electron chi connectivity index (χ3n) is 4.67. The van der Waals surface area contributed by atoms with E-state index in [0.29, 0.717) is 11.4 Å². The fourth-order valence-corrected chi connectivity index (χ4v) is 3.80. The Kier molecular flexibility index (Phi) is 6.34. The molecule has 5 nitrogen and oxygen atoms in total. The van der Waals surface area contributed by atoms with Gasteiger partial charge in [0.05, 0.1) is 17.4 Å². The van der Waals surface area contributed by atoms with Gasteiger partial charge in [0.15, 0.2) is 0 Å². The summed E-state index contributed by atoms with van der Waals surface area (Å²) in [7, 11) is -3.35. The quantitative estimate of drug-likeness (QED) is 0.603. The predicted molar refractivity (Wildman–Crippen MR) is 118 cm³/mol. The molecule has 3 aromatic rings. The van der Waals surface area contributed by atoms with Gasteiger partial charge in [0.25, 0.3) is 0 Å². The maximum Gasteiger partial charge on any atom is 0.236 e. The van der Waals surface area contributed by atoms with E-state index in [9.17, 15) is 13.2 Å². The summed E-state index contributed by atoms with van der Waals surface area (Å²) >= 11 is 0. The average Bonchev–Trinajstić information content (AvgIpc) is 2.72. The van der Waals surface area contributed by atoms with Gasteiger partial charge in [-0.25, -0.2) is 8.42 Å². The molecule has 3 aromatic carbocycles. The standard InChI is InChI=1S/C23H24N2O3S/c1-3-29(27,28)25-21-15-14-20(16-17(21)2)24-23(26)22(18-10-6-4-7-11-18)19-12-8-5-9-13-19/h4-16,22,25H,3H2,1-2H3,(H,24,26). The minimum atomic E-state index is -3.35. The molecule has 0 spiro atoms. The SMILES string of the molecule is CCS(=O)(=O)Nc1ccc(NC(=O)C(c2ccccc2)c2ccccc2)cc1C. The van der Waals surface area contributed by atoms with Crippen LogP contribution < -0.4 is 10.0 Å². The number of hydrogen-bond acceptors (Lipinski definition) is 3. The summed E-state index contributed by atoms with van der Waals surface area (Å²) in [6.45, 7) is 3.38. The van der Waals surface area contributed by atoms with Crippen LogP contribution >= 0.6 is 0 Å². The van der Waals surface area contributed by atoms with E-state index in [0.717, 1.165) is 16.7 Å². The Hall–Kier alpha value is -3.12. The number of anilines is 2. The van der Waals surface area contributed by atoms with Crippen LogP contribution in [0.2, 0.25) is 0 Å². The molecule has 0 atom stereocenters. The molecule has 0 radical (unpaired) electrons. The molecule has 0 aromatic heterocycles. The zero-order valence-corrected chi connectivity index (χ0v) is 17.2. The third kappa shape index (κ3) is 5.23. The molecule has 0 bridgehead atoms. The summed E-state index contributed by atoms with van der Waals surface area (Å²) in [5.74, 6) is -0.597. The lowest BCUT2D eigenvalue weighted by atomic mass is 9.90. The molecule has 0 aliphatic heterocycles. The second-order valence-electron chi connectivity index (χ2n) is 6.78. The highest BCUT2D eigenvalue weighted by molar-refractivity contribution is 7.92. The molecule has 29 heavy (non-hydrogen) atoms. The number of amides is 1. The number of hydrogen-bond donors (Lipinski definition) is 2. The van der Waals surface area contributed by atoms with Gasteiger partial charge in [-0.05, 0) is 48.7 Å². The summed E-state index contributed by atoms with van der Waals surface area (Å²) in [6.07, 6.45) is 0. The van der Waals surface area contributed by atoms with Crippen LogP contribution in [0.25, 0.3) is 0 Å². The maximum absolute atomic E-state index is 13.2. The Morgan fingerprint density at radius 3 is 1.93 bits per heavy atom. The van der Waals surface area contributed by atoms with Gasteiger partial charge in [0.1, 0.15) is 0 Å². The normalized spacial score (nSPS) is 11.3. The van der Waals surface area contributed by atoms with E-state index in [4.69, 9.17) is 0 Å². The first-order valence-corrected chi connectivity index (χ1v) is 11.1. The largest absolute Gasteiger partial charge is 0.325 e. The van der Waals surface area contributed by atoms with Gasteiger partial charge in [-0.2, -0.15) is 0 Å². The van der Waals surface area contributed by atoms with Gasteiger partial charge in [-0.15, -0.1) is 0 Å². The molecule has 0 aliphatic rings. The smallest absolute Gasteiger partial charge is 0.236 e. The summed E-state index contributed by atoms with van der Waals surface area (Å²) in [4.78, 5) is 13.2. The Balaban J connectivity index is 1.86. The van der Waals surface area contributed by atoms with Gasteiger partial charge in [-0.1, -0.05) is 60.7 Å². The van der Waals surface area contributed by atoms with E-state index in [1.807, 2.05) is 60.7 Å². The van der Waals surface area contributed by atoms with E-state index in [1.165, 1.54) is 0 Å². The second-order valence-corrected chi connectivity index (χ2v) is 8.79. The topological polar surface area (TPSA) is 75.3 Å². The van der Waals surface area contributed by atoms with Gasteiger partial charge in [0, 0.05) is 5.69 Å². The van der Waals surface area contributed by atoms with Crippen molar-refractivity contribution in [1.29, 1.82) is 0 Å². The number of aryl methyl sites for hydroxylation is 1. The van der Waals surface area contributed by atoms with Crippen LogP contribution in [0.1, 0.15) is 29.5 Å². The van der Waals surface area contributed by atoms with Crippen molar-refractivity contribution < 1.29 is 13.2 Å². The molecule has 0 saturated heterocycles. The van der Waals surface area contributed by atoms with Crippen molar-refractivity contribution in [2.45, 2.75) is 19.8 Å². The van der Waals surface area contributed by atoms with Crippen LogP contribution in [0.5, 0.6) is 0 Å². The lowest BCUT2D eigenvalue weighted by Gasteiger charge is -2.18. The first-order chi connectivity index (χ1) is 13.9. The fraction of sp³-hybridized carbons (Fsp3) is 0.174. The molecule has 0 aliphatic carbocycles. The highest BCUT2D eigenvalue weighted by Gasteiger charge is 2.22. The summed E-state index contributed by atoms with van der Waals surface area (Å²) in [6, 6.07) is 24.4. The van der Waals surface area contributed by atoms with Crippen molar-refractivity contribution in [3.63, 3.8) is 0 Å². The van der Waals surface area contributed by atoms with Gasteiger partial charge < -0.3 is 5.32 Å². The molecule has 1 amide bonds. The molecule has 0 unspecified atom stereocenters. The molecule has 3 rings (SSSR count). The summed E-state index contributed by atoms with van der Waals surface area (Å²) in [5, 5.41) is 2.97. The van der Waals surface area contributed by atoms with E-state index in [2.05, 4.69) is 10.0 Å². The Labute approximate surface area is 171 Å². The Bertz CT molecular complexity index is 1040. The highest BCUT2D eigenvalue weighted by atomic mass is 32.2. The van der Waals surface area contributed by atoms with Crippen LogP contribution in [-0.4, -0.2) is 20.1 Å². The number of nitrogens with one attached hydrogen (secondary N) is 2. The molecular weight excluding hydrogens is 384 g/mol. The molecule has 0 saturated carbocycles. The van der Waals surface area contributed by atoms with Crippen molar-refractivity contribution in [1.82, 2.24) is 0 Å². The summed E-state index contributed by atoms with van der Waals surface area (Å²) < 4.78 is 26.2. The third-order valence-corrected chi connectivity index (χ3v) is 5.96. The molecule has 6 heteroatoms. The Morgan fingerprint density at radius 1 is 0.897 bits per heavy atom. The van der Waals surface area contributed by atoms with Crippen LogP contribution in [0.15, 0.2) is 78.9 Å². The van der Waals surface area contributed by atoms with Crippen LogP contribution in [0.3, 0.4) is 0 Å². The van der Waals surface area contributed by atoms with E-state index < -0.39 is 15.9 Å². The van der Waals surface area contributed by atoms with E-state index in [1.54, 1.807) is 32.0 Å². The fourth-order valence-electron chi connectivity index (χ4n) is 3.10. The van der Waals surface area contributed by atoms with Crippen molar-refractivity contribution in [2.75, 3.05) is 15.8 Å². The number of rotatable bonds is 7. The monoisotopic (exact) mass is 408 g/mol. The van der Waals surface area contributed by atoms with Crippen molar-refractivity contribution >= 4 is 27.3 Å². The van der Waals surface area contributed by atoms with E-state index >= 15 is 0 Å². The lowest BCUT2D eigenvalue weighted by molar-refractivity contribution is -0.116. The highest BCUT2D eigenvalue weighted by Crippen LogP contribution is 2.27. The zero-order valence-electron chi connectivity index (χ0n) is 16.4. The number of benzene rings is 3. The molecule has 0 fully saturated rings. The molecule has 150 valence electrons. The predicted octanol–water partition coefficient (Wildman–Crippen LogP) is 4.53. The van der Waals surface area contributed by atoms with Crippen LogP contribution in [0, 0.1) is 6.92 Å². The number of carbonyl (C=O) groups excluding carboxylic acids is 1. The van der Waals surface area contributed by atoms with Crippen molar-refractivity contribution in [2.24, 2.45) is 0 Å². The van der Waals surface area contributed by atoms with Crippen LogP contribution in [0.4, 0.5) is 11.4 Å². The summed E-state index contributed by atoms with van der Waals surface area (Å²) in [5.41, 5.74) is 3.66.